The van der Waals surface area contributed by atoms with Gasteiger partial charge < -0.3 is 4.43 Å². The summed E-state index contributed by atoms with van der Waals surface area (Å²) in [6.07, 6.45) is 6.95. The molecule has 1 nitrogen and oxygen atoms in total. The van der Waals surface area contributed by atoms with Gasteiger partial charge in [0.15, 0.2) is 7.83 Å². The Kier molecular flexibility index (Phi) is 8.03. The van der Waals surface area contributed by atoms with Gasteiger partial charge in [0.2, 0.25) is 0 Å². The first-order valence-corrected chi connectivity index (χ1v) is 15.3. The normalized spacial score (nSPS) is 15.2. The molecular weight excluding hydrogens is 252 g/mol. The number of rotatable bonds is 9. The van der Waals surface area contributed by atoms with Gasteiger partial charge in [0.25, 0.3) is 0 Å². The highest BCUT2D eigenvalue weighted by atomic mass is 29.3. The van der Waals surface area contributed by atoms with Gasteiger partial charge in [0.05, 0.1) is 7.59 Å². The molecule has 3 heteroatoms. The van der Waals surface area contributed by atoms with Crippen LogP contribution >= 0.6 is 0 Å². The van der Waals surface area contributed by atoms with Crippen LogP contribution in [0.5, 0.6) is 0 Å². The Morgan fingerprint density at radius 3 is 1.61 bits per heavy atom. The van der Waals surface area contributed by atoms with Crippen molar-refractivity contribution in [3.8, 4) is 0 Å². The molecule has 0 rings (SSSR count). The lowest BCUT2D eigenvalue weighted by Crippen LogP contribution is -2.56. The zero-order valence-corrected chi connectivity index (χ0v) is 16.1. The standard InChI is InChI=1S/C15H36OSi2/c1-9-14(10-2)12-13-15(11-3)16-18(7,8)17(4,5)6/h14-15H,9-13H2,1-8H3. The zero-order chi connectivity index (χ0) is 14.4. The molecule has 0 saturated heterocycles. The quantitative estimate of drug-likeness (QED) is 0.500. The van der Waals surface area contributed by atoms with Crippen molar-refractivity contribution in [3.63, 3.8) is 0 Å². The van der Waals surface area contributed by atoms with Gasteiger partial charge in [-0.25, -0.2) is 0 Å². The van der Waals surface area contributed by atoms with Crippen LogP contribution in [0.2, 0.25) is 32.7 Å². The van der Waals surface area contributed by atoms with Crippen LogP contribution in [0.3, 0.4) is 0 Å². The van der Waals surface area contributed by atoms with Gasteiger partial charge in [-0.15, -0.1) is 0 Å². The second-order valence-corrected chi connectivity index (χ2v) is 23.0. The molecule has 0 radical (unpaired) electrons. The molecule has 0 aromatic carbocycles. The van der Waals surface area contributed by atoms with E-state index in [0.717, 1.165) is 5.92 Å². The molecule has 0 aliphatic carbocycles. The zero-order valence-electron chi connectivity index (χ0n) is 14.1. The van der Waals surface area contributed by atoms with E-state index in [1.54, 1.807) is 0 Å². The first kappa shape index (κ1) is 18.4. The maximum atomic E-state index is 6.59. The van der Waals surface area contributed by atoms with Crippen LogP contribution in [0, 0.1) is 5.92 Å². The average Bonchev–Trinajstić information content (AvgIpc) is 2.27. The minimum Gasteiger partial charge on any atom is -0.417 e. The van der Waals surface area contributed by atoms with Crippen molar-refractivity contribution in [1.82, 2.24) is 0 Å². The van der Waals surface area contributed by atoms with E-state index in [-0.39, 0.29) is 0 Å². The summed E-state index contributed by atoms with van der Waals surface area (Å²) in [5.41, 5.74) is 0. The van der Waals surface area contributed by atoms with E-state index >= 15 is 0 Å². The smallest absolute Gasteiger partial charge is 0.173 e. The van der Waals surface area contributed by atoms with Crippen LogP contribution in [0.4, 0.5) is 0 Å². The van der Waals surface area contributed by atoms with Gasteiger partial charge in [0, 0.05) is 6.10 Å². The Morgan fingerprint density at radius 2 is 1.28 bits per heavy atom. The second-order valence-electron chi connectivity index (χ2n) is 7.17. The highest BCUT2D eigenvalue weighted by Crippen LogP contribution is 2.25. The van der Waals surface area contributed by atoms with Gasteiger partial charge in [-0.1, -0.05) is 53.3 Å². The van der Waals surface area contributed by atoms with Crippen molar-refractivity contribution in [3.05, 3.63) is 0 Å². The van der Waals surface area contributed by atoms with Crippen LogP contribution in [-0.4, -0.2) is 21.5 Å². The predicted octanol–water partition coefficient (Wildman–Crippen LogP) is 5.62. The Labute approximate surface area is 118 Å². The van der Waals surface area contributed by atoms with E-state index in [0.29, 0.717) is 6.10 Å². The Morgan fingerprint density at radius 1 is 0.778 bits per heavy atom. The maximum Gasteiger partial charge on any atom is 0.173 e. The molecule has 0 spiro atoms. The maximum absolute atomic E-state index is 6.59. The number of hydrogen-bond donors (Lipinski definition) is 0. The van der Waals surface area contributed by atoms with Gasteiger partial charge in [0.1, 0.15) is 0 Å². The van der Waals surface area contributed by atoms with E-state index in [2.05, 4.69) is 53.5 Å². The van der Waals surface area contributed by atoms with Crippen LogP contribution in [-0.2, 0) is 4.43 Å². The average molecular weight is 289 g/mol. The lowest BCUT2D eigenvalue weighted by molar-refractivity contribution is 0.171. The lowest BCUT2D eigenvalue weighted by Gasteiger charge is -2.38. The highest BCUT2D eigenvalue weighted by Gasteiger charge is 2.40. The van der Waals surface area contributed by atoms with Gasteiger partial charge in [-0.05, 0) is 38.3 Å². The molecule has 0 fully saturated rings. The molecule has 0 aromatic heterocycles. The first-order valence-electron chi connectivity index (χ1n) is 7.85. The van der Waals surface area contributed by atoms with Gasteiger partial charge >= 0.3 is 0 Å². The van der Waals surface area contributed by atoms with Crippen LogP contribution in [0.15, 0.2) is 0 Å². The largest absolute Gasteiger partial charge is 0.417 e. The Hall–Kier alpha value is 0.394. The molecule has 0 aromatic rings. The molecule has 0 heterocycles. The van der Waals surface area contributed by atoms with Crippen molar-refractivity contribution in [1.29, 1.82) is 0 Å². The summed E-state index contributed by atoms with van der Waals surface area (Å²) in [6, 6.07) is 0. The summed E-state index contributed by atoms with van der Waals surface area (Å²) >= 11 is 0. The molecule has 1 atom stereocenters. The number of hydrogen-bond acceptors (Lipinski definition) is 1. The van der Waals surface area contributed by atoms with Gasteiger partial charge in [-0.3, -0.25) is 0 Å². The van der Waals surface area contributed by atoms with E-state index in [1.807, 2.05) is 0 Å². The monoisotopic (exact) mass is 288 g/mol. The Bertz CT molecular complexity index is 217. The summed E-state index contributed by atoms with van der Waals surface area (Å²) in [5, 5.41) is 0. The Balaban J connectivity index is 4.35. The minimum atomic E-state index is -1.44. The highest BCUT2D eigenvalue weighted by molar-refractivity contribution is 7.37. The predicted molar refractivity (Wildman–Crippen MR) is 89.3 cm³/mol. The molecule has 110 valence electrons. The van der Waals surface area contributed by atoms with E-state index in [9.17, 15) is 0 Å². The van der Waals surface area contributed by atoms with Crippen molar-refractivity contribution >= 4 is 15.4 Å². The molecule has 0 amide bonds. The topological polar surface area (TPSA) is 9.23 Å². The van der Waals surface area contributed by atoms with Crippen LogP contribution < -0.4 is 0 Å². The fourth-order valence-corrected chi connectivity index (χ4v) is 5.09. The molecule has 0 saturated carbocycles. The van der Waals surface area contributed by atoms with Gasteiger partial charge in [-0.2, -0.15) is 0 Å². The van der Waals surface area contributed by atoms with Crippen LogP contribution in [0.25, 0.3) is 0 Å². The molecule has 0 N–H and O–H groups in total. The molecule has 18 heavy (non-hydrogen) atoms. The lowest BCUT2D eigenvalue weighted by atomic mass is 9.95. The fourth-order valence-electron chi connectivity index (χ4n) is 2.06. The van der Waals surface area contributed by atoms with E-state index in [1.165, 1.54) is 32.1 Å². The summed E-state index contributed by atoms with van der Waals surface area (Å²) < 4.78 is 6.59. The summed E-state index contributed by atoms with van der Waals surface area (Å²) in [7, 11) is -2.56. The molecule has 0 bridgehead atoms. The third-order valence-corrected chi connectivity index (χ3v) is 20.5. The van der Waals surface area contributed by atoms with Crippen molar-refractivity contribution in [2.45, 2.75) is 91.7 Å². The second kappa shape index (κ2) is 7.86. The first-order chi connectivity index (χ1) is 8.17. The van der Waals surface area contributed by atoms with Crippen molar-refractivity contribution in [2.24, 2.45) is 5.92 Å². The minimum absolute atomic E-state index is 0.513. The summed E-state index contributed by atoms with van der Waals surface area (Å²) in [6.45, 7) is 19.2. The summed E-state index contributed by atoms with van der Waals surface area (Å²) in [5.74, 6) is 0.902. The molecule has 0 aliphatic rings. The fraction of sp³-hybridized carbons (Fsp3) is 1.00. The SMILES string of the molecule is CCC(CC)CCC(CC)O[Si](C)(C)[Si](C)(C)C. The third kappa shape index (κ3) is 6.02. The van der Waals surface area contributed by atoms with Crippen molar-refractivity contribution < 1.29 is 4.43 Å². The molecule has 0 aliphatic heterocycles. The van der Waals surface area contributed by atoms with E-state index in [4.69, 9.17) is 4.43 Å². The van der Waals surface area contributed by atoms with Crippen molar-refractivity contribution in [2.75, 3.05) is 0 Å². The third-order valence-electron chi connectivity index (χ3n) is 4.77. The van der Waals surface area contributed by atoms with E-state index < -0.39 is 15.4 Å². The molecule has 1 unspecified atom stereocenters. The molecular formula is C15H36OSi2. The van der Waals surface area contributed by atoms with Crippen LogP contribution in [0.1, 0.15) is 52.9 Å². The summed E-state index contributed by atoms with van der Waals surface area (Å²) in [4.78, 5) is 0.